The van der Waals surface area contributed by atoms with Crippen molar-refractivity contribution < 1.29 is 86.2 Å². The van der Waals surface area contributed by atoms with Gasteiger partial charge in [0, 0.05) is 52.4 Å². The average Bonchev–Trinajstić information content (AvgIpc) is 1.50. The largest absolute Gasteiger partial charge is 0.481 e. The van der Waals surface area contributed by atoms with E-state index in [1.165, 1.54) is 16.7 Å². The molecule has 0 unspecified atom stereocenters. The molecule has 4 amide bonds. The number of aliphatic carboxylic acids is 1. The molecule has 2 aliphatic carbocycles. The monoisotopic (exact) mass is 1370 g/mol. The first-order valence-corrected chi connectivity index (χ1v) is 34.2. The molecule has 1 saturated carbocycles. The molecule has 2 bridgehead atoms. The Morgan fingerprint density at radius 3 is 0.920 bits per heavy atom. The highest BCUT2D eigenvalue weighted by molar-refractivity contribution is 6.06. The van der Waals surface area contributed by atoms with Crippen LogP contribution in [0.15, 0.2) is 194 Å². The van der Waals surface area contributed by atoms with E-state index in [1.54, 1.807) is 9.80 Å². The second-order valence-electron chi connectivity index (χ2n) is 24.5. The van der Waals surface area contributed by atoms with E-state index in [2.05, 4.69) is 155 Å². The van der Waals surface area contributed by atoms with Crippen molar-refractivity contribution in [2.75, 3.05) is 132 Å². The summed E-state index contributed by atoms with van der Waals surface area (Å²) in [7, 11) is 0. The summed E-state index contributed by atoms with van der Waals surface area (Å²) < 4.78 is 42.7. The van der Waals surface area contributed by atoms with Crippen LogP contribution in [0.4, 0.5) is 9.59 Å². The molecule has 100 heavy (non-hydrogen) atoms. The van der Waals surface area contributed by atoms with Crippen LogP contribution < -0.4 is 0 Å². The number of carbonyl (C=O) groups excluding carboxylic acids is 7. The molecule has 4 fully saturated rings. The average molecular weight is 1370 g/mol. The molecular weight excluding hydrogens is 1280 g/mol. The number of benzene rings is 6. The van der Waals surface area contributed by atoms with Gasteiger partial charge in [0.15, 0.2) is 0 Å². The fourth-order valence-electron chi connectivity index (χ4n) is 13.9. The standard InChI is InChI=1S/C43H47N3O10.C34H40N2O8/c47-36(18-19-37(48)56-46-40(49)38-31-16-17-32(30-31)39(38)41(46)50)54-28-26-52-24-25-53-27-29-55-42(51)44-20-22-45(23-21-44)43(33-10-4-1-5-11-33,34-12-6-2-7-13-34)35-14-8-3-9-15-35;37-31(38)16-17-32(39)43-26-24-41-22-23-42-25-27-44-33(40)35-18-20-36(21-19-35)34(28-10-4-1-5-11-28,29-12-6-2-7-13-29)30-14-8-3-9-15-30/h1-17,31-32,38-39H,18-30H2;1-15H,16-27H2,(H,37,38)/t31-,32+,38-,39+;. The van der Waals surface area contributed by atoms with Gasteiger partial charge in [-0.3, -0.25) is 33.8 Å². The third-order valence-electron chi connectivity index (χ3n) is 18.5. The van der Waals surface area contributed by atoms with Crippen LogP contribution in [0.3, 0.4) is 0 Å². The maximum Gasteiger partial charge on any atom is 0.409 e. The second kappa shape index (κ2) is 37.0. The molecule has 0 aromatic heterocycles. The Bertz CT molecular complexity index is 3410. The van der Waals surface area contributed by atoms with E-state index in [4.69, 9.17) is 47.8 Å². The summed E-state index contributed by atoms with van der Waals surface area (Å²) >= 11 is 0. The zero-order valence-corrected chi connectivity index (χ0v) is 56.1. The van der Waals surface area contributed by atoms with Crippen LogP contribution in [-0.2, 0) is 82.6 Å². The van der Waals surface area contributed by atoms with Crippen molar-refractivity contribution in [2.24, 2.45) is 23.7 Å². The maximum absolute atomic E-state index is 13.0. The Labute approximate surface area is 582 Å². The van der Waals surface area contributed by atoms with Crippen molar-refractivity contribution in [2.45, 2.75) is 43.2 Å². The van der Waals surface area contributed by atoms with E-state index in [9.17, 15) is 38.4 Å². The highest BCUT2D eigenvalue weighted by Gasteiger charge is 2.61. The van der Waals surface area contributed by atoms with Gasteiger partial charge >= 0.3 is 36.1 Å². The van der Waals surface area contributed by atoms with E-state index in [-0.39, 0.29) is 122 Å². The maximum atomic E-state index is 13.0. The Kier molecular flexibility index (Phi) is 27.0. The first kappa shape index (κ1) is 73.1. The minimum Gasteiger partial charge on any atom is -0.481 e. The van der Waals surface area contributed by atoms with Crippen molar-refractivity contribution in [1.29, 1.82) is 0 Å². The van der Waals surface area contributed by atoms with Crippen LogP contribution in [0.2, 0.25) is 0 Å². The second-order valence-corrected chi connectivity index (χ2v) is 24.5. The lowest BCUT2D eigenvalue weighted by Crippen LogP contribution is -2.57. The number of imide groups is 1. The number of carboxylic acid groups (broad SMARTS) is 1. The molecule has 23 nitrogen and oxygen atoms in total. The molecule has 6 aromatic carbocycles. The number of rotatable bonds is 33. The summed E-state index contributed by atoms with van der Waals surface area (Å²) in [6, 6.07) is 63.0. The van der Waals surface area contributed by atoms with Crippen LogP contribution in [0.5, 0.6) is 0 Å². The summed E-state index contributed by atoms with van der Waals surface area (Å²) in [5, 5.41) is 9.13. The molecule has 5 aliphatic rings. The molecule has 6 aromatic rings. The van der Waals surface area contributed by atoms with Gasteiger partial charge in [0.05, 0.1) is 101 Å². The van der Waals surface area contributed by atoms with E-state index in [0.717, 1.165) is 23.1 Å². The number of hydroxylamine groups is 2. The summed E-state index contributed by atoms with van der Waals surface area (Å²) in [4.78, 5) is 111. The Morgan fingerprint density at radius 1 is 0.350 bits per heavy atom. The van der Waals surface area contributed by atoms with Gasteiger partial charge in [0.25, 0.3) is 11.8 Å². The molecule has 528 valence electrons. The molecule has 1 N–H and O–H groups in total. The van der Waals surface area contributed by atoms with Crippen LogP contribution in [-0.4, -0.2) is 209 Å². The van der Waals surface area contributed by atoms with Crippen LogP contribution in [0, 0.1) is 23.7 Å². The predicted molar refractivity (Wildman–Crippen MR) is 364 cm³/mol. The van der Waals surface area contributed by atoms with E-state index >= 15 is 0 Å². The smallest absolute Gasteiger partial charge is 0.409 e. The minimum absolute atomic E-state index is 0.00604. The van der Waals surface area contributed by atoms with E-state index in [1.807, 2.05) is 48.6 Å². The van der Waals surface area contributed by atoms with Crippen molar-refractivity contribution in [1.82, 2.24) is 24.7 Å². The highest BCUT2D eigenvalue weighted by Crippen LogP contribution is 2.53. The highest BCUT2D eigenvalue weighted by atomic mass is 16.7. The molecule has 3 heterocycles. The van der Waals surface area contributed by atoms with Gasteiger partial charge in [-0.05, 0) is 51.6 Å². The minimum atomic E-state index is -1.05. The molecular formula is C77H87N5O18. The van der Waals surface area contributed by atoms with Crippen molar-refractivity contribution >= 4 is 47.9 Å². The number of hydrogen-bond donors (Lipinski definition) is 1. The fraction of sp³-hybridized carbons (Fsp3) is 0.403. The van der Waals surface area contributed by atoms with E-state index < -0.39 is 58.6 Å². The number of allylic oxidation sites excluding steroid dienone is 2. The Balaban J connectivity index is 0.000000223. The number of carboxylic acids is 1. The number of ether oxygens (including phenoxy) is 8. The van der Waals surface area contributed by atoms with Gasteiger partial charge in [0.2, 0.25) is 0 Å². The van der Waals surface area contributed by atoms with Gasteiger partial charge in [-0.1, -0.05) is 194 Å². The summed E-state index contributed by atoms with van der Waals surface area (Å²) in [5.74, 6) is -5.00. The van der Waals surface area contributed by atoms with E-state index in [0.29, 0.717) is 64.0 Å². The topological polar surface area (TPSA) is 256 Å². The van der Waals surface area contributed by atoms with Gasteiger partial charge in [-0.25, -0.2) is 14.4 Å². The normalized spacial score (nSPS) is 18.2. The van der Waals surface area contributed by atoms with Crippen LogP contribution >= 0.6 is 0 Å². The number of hydrogen-bond acceptors (Lipinski definition) is 19. The first-order chi connectivity index (χ1) is 48.9. The molecule has 0 radical (unpaired) electrons. The summed E-state index contributed by atoms with van der Waals surface area (Å²) in [6.45, 7) is 6.76. The number of carbonyl (C=O) groups is 8. The third kappa shape index (κ3) is 18.4. The lowest BCUT2D eigenvalue weighted by Gasteiger charge is -2.48. The summed E-state index contributed by atoms with van der Waals surface area (Å²) in [6.07, 6.45) is 2.92. The van der Waals surface area contributed by atoms with Gasteiger partial charge in [-0.2, -0.15) is 0 Å². The molecule has 4 atom stereocenters. The predicted octanol–water partition coefficient (Wildman–Crippen LogP) is 8.53. The van der Waals surface area contributed by atoms with Crippen LogP contribution in [0.25, 0.3) is 0 Å². The SMILES string of the molecule is O=C(CCC(=O)ON1C(=O)[C@@H]2[C@H](C1=O)[C@@H]1C=C[C@H]2C1)OCCOCCOCCOC(=O)N1CCN(C(c2ccccc2)(c2ccccc2)c2ccccc2)CC1.O=C(O)CCC(=O)OCCOCCOCCOC(=O)N1CCN(C(c2ccccc2)(c2ccccc2)c2ccccc2)CC1. The zero-order chi connectivity index (χ0) is 69.9. The van der Waals surface area contributed by atoms with Gasteiger partial charge in [0.1, 0.15) is 26.4 Å². The molecule has 3 aliphatic heterocycles. The fourth-order valence-corrected chi connectivity index (χ4v) is 13.9. The number of esters is 2. The van der Waals surface area contributed by atoms with Crippen molar-refractivity contribution in [3.8, 4) is 0 Å². The van der Waals surface area contributed by atoms with Gasteiger partial charge in [-0.15, -0.1) is 5.06 Å². The van der Waals surface area contributed by atoms with Crippen molar-refractivity contribution in [3.05, 3.63) is 228 Å². The zero-order valence-electron chi connectivity index (χ0n) is 56.1. The van der Waals surface area contributed by atoms with Crippen LogP contribution in [0.1, 0.15) is 65.5 Å². The van der Waals surface area contributed by atoms with Gasteiger partial charge < -0.3 is 57.6 Å². The number of nitrogens with zero attached hydrogens (tertiary/aromatic N) is 5. The third-order valence-corrected chi connectivity index (χ3v) is 18.5. The molecule has 23 heteroatoms. The van der Waals surface area contributed by atoms with Crippen molar-refractivity contribution in [3.63, 3.8) is 0 Å². The number of fused-ring (bicyclic) bond motifs is 5. The Hall–Kier alpha value is -9.62. The first-order valence-electron chi connectivity index (χ1n) is 34.2. The lowest BCUT2D eigenvalue weighted by molar-refractivity contribution is -0.199. The quantitative estimate of drug-likeness (QED) is 0.0101. The Morgan fingerprint density at radius 2 is 0.620 bits per heavy atom. The molecule has 0 spiro atoms. The summed E-state index contributed by atoms with van der Waals surface area (Å²) in [5.41, 5.74) is 5.95. The molecule has 3 saturated heterocycles. The molecule has 11 rings (SSSR count). The number of piperazine rings is 2. The lowest BCUT2D eigenvalue weighted by atomic mass is 9.75. The number of amides is 4.